The first-order valence-electron chi connectivity index (χ1n) is 3.10. The van der Waals surface area contributed by atoms with Crippen LogP contribution in [0.25, 0.3) is 0 Å². The van der Waals surface area contributed by atoms with Crippen LogP contribution in [-0.2, 0) is 0 Å². The summed E-state index contributed by atoms with van der Waals surface area (Å²) >= 11 is 0. The highest BCUT2D eigenvalue weighted by Crippen LogP contribution is 2.31. The van der Waals surface area contributed by atoms with Crippen molar-refractivity contribution in [2.75, 3.05) is 0 Å². The van der Waals surface area contributed by atoms with Gasteiger partial charge in [0.05, 0.1) is 0 Å². The van der Waals surface area contributed by atoms with Gasteiger partial charge in [0.25, 0.3) is 0 Å². The van der Waals surface area contributed by atoms with Crippen LogP contribution in [0.2, 0.25) is 0 Å². The Bertz CT molecular complexity index is 81.1. The minimum atomic E-state index is -0.550. The summed E-state index contributed by atoms with van der Waals surface area (Å²) in [6.45, 7) is 1.94. The van der Waals surface area contributed by atoms with Crippen molar-refractivity contribution in [2.45, 2.75) is 32.0 Å². The molecule has 0 amide bonds. The first-order chi connectivity index (χ1) is 3.70. The van der Waals surface area contributed by atoms with E-state index in [4.69, 9.17) is 5.73 Å². The van der Waals surface area contributed by atoms with Crippen LogP contribution in [0.3, 0.4) is 0 Å². The summed E-state index contributed by atoms with van der Waals surface area (Å²) in [5.41, 5.74) is 5.49. The van der Waals surface area contributed by atoms with Crippen molar-refractivity contribution in [3.63, 3.8) is 0 Å². The van der Waals surface area contributed by atoms with Gasteiger partial charge < -0.3 is 5.73 Å². The Morgan fingerprint density at radius 1 is 1.56 bits per heavy atom. The molecule has 1 atom stereocenters. The second kappa shape index (κ2) is 3.37. The van der Waals surface area contributed by atoms with E-state index in [0.29, 0.717) is 18.8 Å². The zero-order valence-electron chi connectivity index (χ0n) is 5.51. The Kier molecular flexibility index (Phi) is 3.44. The molecule has 2 N–H and O–H groups in total. The van der Waals surface area contributed by atoms with Gasteiger partial charge in [-0.15, -0.1) is 12.4 Å². The van der Waals surface area contributed by atoms with Gasteiger partial charge in [0.15, 0.2) is 0 Å². The molecule has 1 rings (SSSR count). The Labute approximate surface area is 61.2 Å². The van der Waals surface area contributed by atoms with Crippen molar-refractivity contribution in [1.29, 1.82) is 0 Å². The normalized spacial score (nSPS) is 36.3. The molecule has 9 heavy (non-hydrogen) atoms. The number of hydrogen-bond acceptors (Lipinski definition) is 1. The molecule has 0 bridgehead atoms. The van der Waals surface area contributed by atoms with Gasteiger partial charge in [-0.3, -0.25) is 0 Å². The summed E-state index contributed by atoms with van der Waals surface area (Å²) in [5, 5.41) is 0. The number of rotatable bonds is 1. The van der Waals surface area contributed by atoms with Crippen molar-refractivity contribution < 1.29 is 4.39 Å². The lowest BCUT2D eigenvalue weighted by atomic mass is 9.79. The lowest BCUT2D eigenvalue weighted by molar-refractivity contribution is 0.115. The topological polar surface area (TPSA) is 26.0 Å². The molecule has 0 spiro atoms. The van der Waals surface area contributed by atoms with Crippen molar-refractivity contribution in [3.8, 4) is 0 Å². The van der Waals surface area contributed by atoms with Crippen LogP contribution in [0.15, 0.2) is 0 Å². The molecular formula is C6H13ClFN. The smallest absolute Gasteiger partial charge is 0.101 e. The van der Waals surface area contributed by atoms with E-state index in [0.717, 1.165) is 0 Å². The van der Waals surface area contributed by atoms with E-state index in [1.165, 1.54) is 0 Å². The standard InChI is InChI=1S/C6H12FN.ClH/c1-4(8)5-2-6(7)3-5;/h4-6H,2-3,8H2,1H3;1H/t4-,5?,6?;/m0./s1. The van der Waals surface area contributed by atoms with Gasteiger partial charge in [0, 0.05) is 6.04 Å². The molecule has 0 unspecified atom stereocenters. The maximum atomic E-state index is 12.1. The lowest BCUT2D eigenvalue weighted by Crippen LogP contribution is -2.37. The first kappa shape index (κ1) is 9.18. The van der Waals surface area contributed by atoms with E-state index >= 15 is 0 Å². The average molecular weight is 154 g/mol. The van der Waals surface area contributed by atoms with Crippen LogP contribution < -0.4 is 5.73 Å². The molecular weight excluding hydrogens is 141 g/mol. The molecule has 1 fully saturated rings. The first-order valence-corrected chi connectivity index (χ1v) is 3.10. The minimum Gasteiger partial charge on any atom is -0.328 e. The van der Waals surface area contributed by atoms with Crippen molar-refractivity contribution in [1.82, 2.24) is 0 Å². The molecule has 0 heterocycles. The third-order valence-corrected chi connectivity index (χ3v) is 1.86. The Hall–Kier alpha value is 0.180. The fraction of sp³-hybridized carbons (Fsp3) is 1.00. The molecule has 0 aromatic carbocycles. The maximum Gasteiger partial charge on any atom is 0.101 e. The van der Waals surface area contributed by atoms with Crippen LogP contribution in [0.5, 0.6) is 0 Å². The van der Waals surface area contributed by atoms with Gasteiger partial charge in [-0.1, -0.05) is 0 Å². The van der Waals surface area contributed by atoms with E-state index in [-0.39, 0.29) is 18.4 Å². The Morgan fingerprint density at radius 2 is 2.00 bits per heavy atom. The molecule has 0 saturated heterocycles. The summed E-state index contributed by atoms with van der Waals surface area (Å²) in [5.74, 6) is 0.463. The fourth-order valence-corrected chi connectivity index (χ4v) is 1.02. The zero-order valence-corrected chi connectivity index (χ0v) is 6.33. The highest BCUT2D eigenvalue weighted by molar-refractivity contribution is 5.85. The predicted molar refractivity (Wildman–Crippen MR) is 38.5 cm³/mol. The van der Waals surface area contributed by atoms with E-state index in [1.54, 1.807) is 0 Å². The van der Waals surface area contributed by atoms with Crippen molar-refractivity contribution >= 4 is 12.4 Å². The van der Waals surface area contributed by atoms with Crippen LogP contribution >= 0.6 is 12.4 Å². The number of nitrogens with two attached hydrogens (primary N) is 1. The summed E-state index contributed by atoms with van der Waals surface area (Å²) in [4.78, 5) is 0. The molecule has 0 aromatic rings. The van der Waals surface area contributed by atoms with E-state index in [2.05, 4.69) is 0 Å². The predicted octanol–water partition coefficient (Wildman–Crippen LogP) is 1.50. The second-order valence-corrected chi connectivity index (χ2v) is 2.69. The van der Waals surface area contributed by atoms with Crippen LogP contribution in [0.1, 0.15) is 19.8 Å². The molecule has 0 radical (unpaired) electrons. The van der Waals surface area contributed by atoms with E-state index in [9.17, 15) is 4.39 Å². The zero-order chi connectivity index (χ0) is 6.15. The quantitative estimate of drug-likeness (QED) is 0.607. The molecule has 1 aliphatic rings. The summed E-state index contributed by atoms with van der Waals surface area (Å²) < 4.78 is 12.1. The number of alkyl halides is 1. The Morgan fingerprint density at radius 3 is 2.11 bits per heavy atom. The highest BCUT2D eigenvalue weighted by Gasteiger charge is 2.30. The molecule has 3 heteroatoms. The van der Waals surface area contributed by atoms with Crippen LogP contribution in [-0.4, -0.2) is 12.2 Å². The second-order valence-electron chi connectivity index (χ2n) is 2.69. The van der Waals surface area contributed by atoms with Gasteiger partial charge in [0.1, 0.15) is 6.17 Å². The third kappa shape index (κ3) is 2.11. The van der Waals surface area contributed by atoms with Crippen molar-refractivity contribution in [2.24, 2.45) is 11.7 Å². The monoisotopic (exact) mass is 153 g/mol. The van der Waals surface area contributed by atoms with Gasteiger partial charge in [-0.25, -0.2) is 4.39 Å². The number of halogens is 2. The summed E-state index contributed by atoms with van der Waals surface area (Å²) in [6, 6.07) is 0.196. The summed E-state index contributed by atoms with van der Waals surface area (Å²) in [7, 11) is 0. The summed E-state index contributed by atoms with van der Waals surface area (Å²) in [6.07, 6.45) is 0.834. The van der Waals surface area contributed by atoms with E-state index < -0.39 is 6.17 Å². The fourth-order valence-electron chi connectivity index (χ4n) is 1.02. The molecule has 1 saturated carbocycles. The lowest BCUT2D eigenvalue weighted by Gasteiger charge is -2.32. The molecule has 0 aliphatic heterocycles. The molecule has 0 aromatic heterocycles. The van der Waals surface area contributed by atoms with Gasteiger partial charge in [-0.2, -0.15) is 0 Å². The third-order valence-electron chi connectivity index (χ3n) is 1.86. The van der Waals surface area contributed by atoms with Gasteiger partial charge in [-0.05, 0) is 25.7 Å². The maximum absolute atomic E-state index is 12.1. The van der Waals surface area contributed by atoms with Gasteiger partial charge >= 0.3 is 0 Å². The minimum absolute atomic E-state index is 0. The average Bonchev–Trinajstić information content (AvgIpc) is 1.57. The van der Waals surface area contributed by atoms with E-state index in [1.807, 2.05) is 6.92 Å². The van der Waals surface area contributed by atoms with Crippen LogP contribution in [0.4, 0.5) is 4.39 Å². The Balaban J connectivity index is 0.000000640. The highest BCUT2D eigenvalue weighted by atomic mass is 35.5. The molecule has 1 aliphatic carbocycles. The number of hydrogen-bond donors (Lipinski definition) is 1. The van der Waals surface area contributed by atoms with Gasteiger partial charge in [0.2, 0.25) is 0 Å². The SMILES string of the molecule is C[C@H](N)C1CC(F)C1.Cl. The van der Waals surface area contributed by atoms with Crippen LogP contribution in [0, 0.1) is 5.92 Å². The molecule has 1 nitrogen and oxygen atoms in total. The molecule has 56 valence electrons. The van der Waals surface area contributed by atoms with Crippen molar-refractivity contribution in [3.05, 3.63) is 0 Å². The largest absolute Gasteiger partial charge is 0.328 e.